The van der Waals surface area contributed by atoms with E-state index < -0.39 is 0 Å². The molecule has 0 radical (unpaired) electrons. The molecule has 0 saturated carbocycles. The summed E-state index contributed by atoms with van der Waals surface area (Å²) in [5.41, 5.74) is 9.30. The van der Waals surface area contributed by atoms with Gasteiger partial charge in [0.1, 0.15) is 4.99 Å². The van der Waals surface area contributed by atoms with Crippen LogP contribution in [0.25, 0.3) is 0 Å². The summed E-state index contributed by atoms with van der Waals surface area (Å²) in [5, 5.41) is 0. The summed E-state index contributed by atoms with van der Waals surface area (Å²) in [7, 11) is 0. The van der Waals surface area contributed by atoms with E-state index in [9.17, 15) is 0 Å². The fourth-order valence-electron chi connectivity index (χ4n) is 3.32. The van der Waals surface area contributed by atoms with Crippen LogP contribution >= 0.6 is 12.2 Å². The molecule has 2 aliphatic rings. The molecule has 0 aromatic heterocycles. The Morgan fingerprint density at radius 1 is 1.29 bits per heavy atom. The molecule has 1 aromatic rings. The number of nitrogens with two attached hydrogens (primary N) is 1. The number of aryl methyl sites for hydroxylation is 1. The second-order valence-electron chi connectivity index (χ2n) is 5.92. The maximum absolute atomic E-state index is 5.91. The molecule has 2 aliphatic heterocycles. The van der Waals surface area contributed by atoms with Crippen LogP contribution in [0.5, 0.6) is 0 Å². The van der Waals surface area contributed by atoms with Crippen LogP contribution in [-0.2, 0) is 4.74 Å². The minimum Gasteiger partial charge on any atom is -0.389 e. The van der Waals surface area contributed by atoms with Crippen molar-refractivity contribution in [1.82, 2.24) is 4.90 Å². The SMILES string of the molecule is Cc1ccc(N2CCC(N3CCOCC3)C2)c(C(N)=S)c1. The minimum atomic E-state index is 0.489. The first-order valence-electron chi connectivity index (χ1n) is 7.62. The second-order valence-corrected chi connectivity index (χ2v) is 6.36. The molecule has 2 saturated heterocycles. The molecule has 21 heavy (non-hydrogen) atoms. The number of nitrogens with zero attached hydrogens (tertiary/aromatic N) is 2. The Hall–Kier alpha value is -1.17. The molecule has 1 unspecified atom stereocenters. The van der Waals surface area contributed by atoms with Crippen LogP contribution in [0.4, 0.5) is 5.69 Å². The van der Waals surface area contributed by atoms with Crippen molar-refractivity contribution < 1.29 is 4.74 Å². The fourth-order valence-corrected chi connectivity index (χ4v) is 3.49. The van der Waals surface area contributed by atoms with Gasteiger partial charge in [-0.05, 0) is 25.5 Å². The van der Waals surface area contributed by atoms with Crippen LogP contribution < -0.4 is 10.6 Å². The van der Waals surface area contributed by atoms with Gasteiger partial charge in [-0.3, -0.25) is 4.90 Å². The van der Waals surface area contributed by atoms with Gasteiger partial charge in [-0.1, -0.05) is 23.8 Å². The Morgan fingerprint density at radius 3 is 2.76 bits per heavy atom. The van der Waals surface area contributed by atoms with Gasteiger partial charge >= 0.3 is 0 Å². The molecule has 1 atom stereocenters. The number of thiocarbonyl (C=S) groups is 1. The quantitative estimate of drug-likeness (QED) is 0.858. The third kappa shape index (κ3) is 3.20. The lowest BCUT2D eigenvalue weighted by molar-refractivity contribution is 0.0209. The molecule has 0 aliphatic carbocycles. The molecule has 0 spiro atoms. The van der Waals surface area contributed by atoms with Gasteiger partial charge in [-0.2, -0.15) is 0 Å². The van der Waals surface area contributed by atoms with E-state index in [0.29, 0.717) is 11.0 Å². The van der Waals surface area contributed by atoms with Gasteiger partial charge in [0.05, 0.1) is 13.2 Å². The third-order valence-electron chi connectivity index (χ3n) is 4.48. The van der Waals surface area contributed by atoms with E-state index >= 15 is 0 Å². The smallest absolute Gasteiger partial charge is 0.106 e. The fraction of sp³-hybridized carbons (Fsp3) is 0.562. The molecule has 0 bridgehead atoms. The van der Waals surface area contributed by atoms with Crippen molar-refractivity contribution in [2.24, 2.45) is 5.73 Å². The molecule has 1 aromatic carbocycles. The van der Waals surface area contributed by atoms with Crippen molar-refractivity contribution in [3.05, 3.63) is 29.3 Å². The van der Waals surface area contributed by atoms with Crippen molar-refractivity contribution in [3.63, 3.8) is 0 Å². The molecule has 2 heterocycles. The molecule has 114 valence electrons. The Bertz CT molecular complexity index is 528. The summed E-state index contributed by atoms with van der Waals surface area (Å²) < 4.78 is 5.45. The zero-order valence-corrected chi connectivity index (χ0v) is 13.4. The van der Waals surface area contributed by atoms with E-state index in [1.165, 1.54) is 17.7 Å². The van der Waals surface area contributed by atoms with Gasteiger partial charge < -0.3 is 15.4 Å². The van der Waals surface area contributed by atoms with Crippen molar-refractivity contribution in [2.75, 3.05) is 44.3 Å². The topological polar surface area (TPSA) is 41.7 Å². The Kier molecular flexibility index (Phi) is 4.42. The summed E-state index contributed by atoms with van der Waals surface area (Å²) in [6, 6.07) is 7.01. The molecule has 2 fully saturated rings. The van der Waals surface area contributed by atoms with Gasteiger partial charge in [0.15, 0.2) is 0 Å². The van der Waals surface area contributed by atoms with Gasteiger partial charge in [0.25, 0.3) is 0 Å². The lowest BCUT2D eigenvalue weighted by atomic mass is 10.1. The molecular formula is C16H23N3OS. The zero-order valence-electron chi connectivity index (χ0n) is 12.5. The Labute approximate surface area is 131 Å². The minimum absolute atomic E-state index is 0.489. The average Bonchev–Trinajstić information content (AvgIpc) is 2.97. The van der Waals surface area contributed by atoms with E-state index in [-0.39, 0.29) is 0 Å². The lowest BCUT2D eigenvalue weighted by Gasteiger charge is -2.32. The van der Waals surface area contributed by atoms with Crippen molar-refractivity contribution in [1.29, 1.82) is 0 Å². The highest BCUT2D eigenvalue weighted by Crippen LogP contribution is 2.27. The number of morpholine rings is 1. The number of hydrogen-bond acceptors (Lipinski definition) is 4. The van der Waals surface area contributed by atoms with Gasteiger partial charge in [0, 0.05) is 43.5 Å². The maximum Gasteiger partial charge on any atom is 0.106 e. The van der Waals surface area contributed by atoms with E-state index in [0.717, 1.165) is 45.0 Å². The number of benzene rings is 1. The maximum atomic E-state index is 5.91. The van der Waals surface area contributed by atoms with E-state index in [2.05, 4.69) is 34.9 Å². The normalized spacial score (nSPS) is 23.5. The number of anilines is 1. The first kappa shape index (κ1) is 14.8. The summed E-state index contributed by atoms with van der Waals surface area (Å²) >= 11 is 5.22. The highest BCUT2D eigenvalue weighted by atomic mass is 32.1. The number of hydrogen-bond donors (Lipinski definition) is 1. The highest BCUT2D eigenvalue weighted by molar-refractivity contribution is 7.80. The Morgan fingerprint density at radius 2 is 2.05 bits per heavy atom. The molecular weight excluding hydrogens is 282 g/mol. The standard InChI is InChI=1S/C16H23N3OS/c1-12-2-3-15(14(10-12)16(17)21)19-5-4-13(11-19)18-6-8-20-9-7-18/h2-3,10,13H,4-9,11H2,1H3,(H2,17,21). The number of ether oxygens (including phenoxy) is 1. The average molecular weight is 305 g/mol. The molecule has 0 amide bonds. The van der Waals surface area contributed by atoms with Crippen molar-refractivity contribution in [3.8, 4) is 0 Å². The van der Waals surface area contributed by atoms with E-state index in [1.54, 1.807) is 0 Å². The second kappa shape index (κ2) is 6.30. The largest absolute Gasteiger partial charge is 0.389 e. The van der Waals surface area contributed by atoms with Crippen molar-refractivity contribution in [2.45, 2.75) is 19.4 Å². The number of rotatable bonds is 3. The van der Waals surface area contributed by atoms with Crippen LogP contribution in [0.3, 0.4) is 0 Å². The summed E-state index contributed by atoms with van der Waals surface area (Å²) in [4.78, 5) is 5.47. The summed E-state index contributed by atoms with van der Waals surface area (Å²) in [6.07, 6.45) is 1.20. The first-order valence-corrected chi connectivity index (χ1v) is 8.03. The zero-order chi connectivity index (χ0) is 14.8. The third-order valence-corrected chi connectivity index (χ3v) is 4.70. The van der Waals surface area contributed by atoms with Gasteiger partial charge in [0.2, 0.25) is 0 Å². The summed E-state index contributed by atoms with van der Waals surface area (Å²) in [5.74, 6) is 0. The van der Waals surface area contributed by atoms with Crippen LogP contribution in [-0.4, -0.2) is 55.3 Å². The van der Waals surface area contributed by atoms with Crippen LogP contribution in [0.15, 0.2) is 18.2 Å². The van der Waals surface area contributed by atoms with Crippen LogP contribution in [0.2, 0.25) is 0 Å². The molecule has 2 N–H and O–H groups in total. The molecule has 3 rings (SSSR count). The van der Waals surface area contributed by atoms with Crippen LogP contribution in [0.1, 0.15) is 17.5 Å². The van der Waals surface area contributed by atoms with E-state index in [1.807, 2.05) is 0 Å². The first-order chi connectivity index (χ1) is 10.1. The van der Waals surface area contributed by atoms with Crippen molar-refractivity contribution >= 4 is 22.9 Å². The van der Waals surface area contributed by atoms with Gasteiger partial charge in [-0.25, -0.2) is 0 Å². The summed E-state index contributed by atoms with van der Waals surface area (Å²) in [6.45, 7) is 8.02. The predicted octanol–water partition coefficient (Wildman–Crippen LogP) is 1.54. The van der Waals surface area contributed by atoms with E-state index in [4.69, 9.17) is 22.7 Å². The van der Waals surface area contributed by atoms with Crippen LogP contribution in [0, 0.1) is 6.92 Å². The Balaban J connectivity index is 1.75. The molecule has 4 nitrogen and oxygen atoms in total. The predicted molar refractivity (Wildman–Crippen MR) is 90.1 cm³/mol. The highest BCUT2D eigenvalue weighted by Gasteiger charge is 2.29. The monoisotopic (exact) mass is 305 g/mol. The lowest BCUT2D eigenvalue weighted by Crippen LogP contribution is -2.44. The van der Waals surface area contributed by atoms with Gasteiger partial charge in [-0.15, -0.1) is 0 Å². The molecule has 5 heteroatoms.